The van der Waals surface area contributed by atoms with Crippen molar-refractivity contribution < 1.29 is 8.42 Å². The molecule has 116 valence electrons. The number of nitrogens with zero attached hydrogens (tertiary/aromatic N) is 1. The van der Waals surface area contributed by atoms with Gasteiger partial charge in [0, 0.05) is 25.0 Å². The number of H-pyrrole nitrogens is 1. The van der Waals surface area contributed by atoms with Gasteiger partial charge in [-0.05, 0) is 24.8 Å². The molecule has 9 heteroatoms. The minimum atomic E-state index is -3.67. The zero-order chi connectivity index (χ0) is 14.3. The molecule has 0 aliphatic heterocycles. The Morgan fingerprint density at radius 3 is 2.86 bits per heavy atom. The molecule has 0 aromatic carbocycles. The van der Waals surface area contributed by atoms with E-state index in [2.05, 4.69) is 14.7 Å². The topological polar surface area (TPSA) is 101 Å². The zero-order valence-corrected chi connectivity index (χ0v) is 13.4. The predicted octanol–water partition coefficient (Wildman–Crippen LogP) is 1.65. The van der Waals surface area contributed by atoms with Gasteiger partial charge in [0.15, 0.2) is 0 Å². The Kier molecular flexibility index (Phi) is 4.79. The van der Waals surface area contributed by atoms with E-state index in [4.69, 9.17) is 17.3 Å². The fraction of sp³-hybridized carbons (Fsp3) is 0.417. The Morgan fingerprint density at radius 1 is 1.52 bits per heavy atom. The van der Waals surface area contributed by atoms with Gasteiger partial charge in [-0.2, -0.15) is 0 Å². The molecule has 1 saturated carbocycles. The summed E-state index contributed by atoms with van der Waals surface area (Å²) in [5.41, 5.74) is 6.10. The number of aromatic nitrogens is 2. The first-order chi connectivity index (χ1) is 9.53. The van der Waals surface area contributed by atoms with Crippen LogP contribution in [-0.2, 0) is 10.0 Å². The van der Waals surface area contributed by atoms with Crippen LogP contribution in [0.5, 0.6) is 0 Å². The summed E-state index contributed by atoms with van der Waals surface area (Å²) in [6, 6.07) is 1.35. The number of hydrogen-bond acceptors (Lipinski definition) is 4. The molecule has 1 aliphatic carbocycles. The summed E-state index contributed by atoms with van der Waals surface area (Å²) < 4.78 is 27.6. The molecule has 0 amide bonds. The van der Waals surface area contributed by atoms with Crippen LogP contribution in [0, 0.1) is 5.92 Å². The van der Waals surface area contributed by atoms with E-state index in [0.29, 0.717) is 22.0 Å². The largest absolute Gasteiger partial charge is 0.345 e. The van der Waals surface area contributed by atoms with Crippen LogP contribution in [0.25, 0.3) is 11.0 Å². The van der Waals surface area contributed by atoms with E-state index < -0.39 is 10.0 Å². The maximum Gasteiger partial charge on any atom is 0.243 e. The summed E-state index contributed by atoms with van der Waals surface area (Å²) in [7, 11) is -3.67. The number of nitrogens with one attached hydrogen (secondary N) is 2. The summed E-state index contributed by atoms with van der Waals surface area (Å²) in [4.78, 5) is 7.01. The molecule has 2 aromatic heterocycles. The number of sulfonamides is 1. The van der Waals surface area contributed by atoms with Gasteiger partial charge in [-0.15, -0.1) is 12.4 Å². The van der Waals surface area contributed by atoms with E-state index in [1.54, 1.807) is 6.07 Å². The van der Waals surface area contributed by atoms with Crippen LogP contribution in [0.4, 0.5) is 0 Å². The van der Waals surface area contributed by atoms with Crippen molar-refractivity contribution in [3.8, 4) is 0 Å². The maximum atomic E-state index is 12.5. The Bertz CT molecular complexity index is 743. The van der Waals surface area contributed by atoms with Crippen molar-refractivity contribution in [2.45, 2.75) is 23.8 Å². The van der Waals surface area contributed by atoms with Crippen LogP contribution >= 0.6 is 24.0 Å². The molecule has 4 N–H and O–H groups in total. The minimum absolute atomic E-state index is 0. The third kappa shape index (κ3) is 3.17. The van der Waals surface area contributed by atoms with Crippen molar-refractivity contribution >= 4 is 45.1 Å². The van der Waals surface area contributed by atoms with Gasteiger partial charge in [0.1, 0.15) is 10.5 Å². The van der Waals surface area contributed by atoms with Gasteiger partial charge < -0.3 is 10.7 Å². The van der Waals surface area contributed by atoms with E-state index in [1.807, 2.05) is 0 Å². The van der Waals surface area contributed by atoms with Gasteiger partial charge in [0.05, 0.1) is 10.4 Å². The van der Waals surface area contributed by atoms with Crippen LogP contribution in [-0.4, -0.2) is 31.0 Å². The second kappa shape index (κ2) is 6.10. The summed E-state index contributed by atoms with van der Waals surface area (Å²) in [6.45, 7) is 0.290. The number of hydrogen-bond donors (Lipinski definition) is 3. The van der Waals surface area contributed by atoms with Crippen LogP contribution in [0.3, 0.4) is 0 Å². The van der Waals surface area contributed by atoms with Crippen LogP contribution in [0.15, 0.2) is 23.4 Å². The minimum Gasteiger partial charge on any atom is -0.345 e. The highest BCUT2D eigenvalue weighted by Crippen LogP contribution is 2.34. The van der Waals surface area contributed by atoms with Crippen LogP contribution in [0.2, 0.25) is 5.02 Å². The van der Waals surface area contributed by atoms with Gasteiger partial charge in [-0.1, -0.05) is 11.6 Å². The Morgan fingerprint density at radius 2 is 2.24 bits per heavy atom. The van der Waals surface area contributed by atoms with Crippen molar-refractivity contribution in [1.29, 1.82) is 0 Å². The summed E-state index contributed by atoms with van der Waals surface area (Å²) in [5.74, 6) is 0.341. The van der Waals surface area contributed by atoms with Crippen molar-refractivity contribution in [1.82, 2.24) is 14.7 Å². The lowest BCUT2D eigenvalue weighted by Crippen LogP contribution is -2.41. The lowest BCUT2D eigenvalue weighted by Gasteiger charge is -2.15. The Balaban J connectivity index is 0.00000161. The predicted molar refractivity (Wildman–Crippen MR) is 84.2 cm³/mol. The highest BCUT2D eigenvalue weighted by Gasteiger charge is 2.34. The molecule has 0 radical (unpaired) electrons. The van der Waals surface area contributed by atoms with E-state index >= 15 is 0 Å². The highest BCUT2D eigenvalue weighted by atomic mass is 35.5. The molecular formula is C12H16Cl2N4O2S. The van der Waals surface area contributed by atoms with Gasteiger partial charge >= 0.3 is 0 Å². The highest BCUT2D eigenvalue weighted by molar-refractivity contribution is 7.89. The average molecular weight is 351 g/mol. The molecular weight excluding hydrogens is 335 g/mol. The Labute approximate surface area is 133 Å². The molecule has 6 nitrogen and oxygen atoms in total. The lowest BCUT2D eigenvalue weighted by molar-refractivity contribution is 0.519. The van der Waals surface area contributed by atoms with Gasteiger partial charge in [-0.3, -0.25) is 0 Å². The first-order valence-electron chi connectivity index (χ1n) is 6.37. The number of nitrogens with two attached hydrogens (primary N) is 1. The number of fused-ring (bicyclic) bond motifs is 1. The molecule has 3 rings (SSSR count). The zero-order valence-electron chi connectivity index (χ0n) is 11.0. The third-order valence-electron chi connectivity index (χ3n) is 3.53. The molecule has 1 atom stereocenters. The lowest BCUT2D eigenvalue weighted by atomic mass is 10.2. The SMILES string of the molecule is Cl.NCC(NS(=O)(=O)c1c[nH]c2nccc(Cl)c12)C1CC1. The van der Waals surface area contributed by atoms with Crippen LogP contribution in [0.1, 0.15) is 12.8 Å². The number of aromatic amines is 1. The first-order valence-corrected chi connectivity index (χ1v) is 8.23. The molecule has 1 unspecified atom stereocenters. The van der Waals surface area contributed by atoms with Gasteiger partial charge in [0.2, 0.25) is 10.0 Å². The van der Waals surface area contributed by atoms with Crippen molar-refractivity contribution in [2.24, 2.45) is 11.7 Å². The average Bonchev–Trinajstić information content (AvgIpc) is 3.15. The summed E-state index contributed by atoms with van der Waals surface area (Å²) >= 11 is 6.08. The smallest absolute Gasteiger partial charge is 0.243 e. The number of pyridine rings is 1. The summed E-state index contributed by atoms with van der Waals surface area (Å²) in [6.07, 6.45) is 4.96. The monoisotopic (exact) mass is 350 g/mol. The Hall–Kier alpha value is -0.860. The van der Waals surface area contributed by atoms with E-state index in [0.717, 1.165) is 12.8 Å². The standard InChI is InChI=1S/C12H15ClN4O2S.ClH/c13-8-3-4-15-12-11(8)10(6-16-12)20(18,19)17-9(5-14)7-1-2-7;/h3-4,6-7,9,17H,1-2,5,14H2,(H,15,16);1H. The normalized spacial score (nSPS) is 16.7. The molecule has 1 fully saturated rings. The van der Waals surface area contributed by atoms with Crippen molar-refractivity contribution in [3.05, 3.63) is 23.5 Å². The number of halogens is 2. The summed E-state index contributed by atoms with van der Waals surface area (Å²) in [5, 5.41) is 0.764. The molecule has 21 heavy (non-hydrogen) atoms. The second-order valence-corrected chi connectivity index (χ2v) is 7.06. The second-order valence-electron chi connectivity index (χ2n) is 4.97. The number of rotatable bonds is 5. The van der Waals surface area contributed by atoms with Crippen molar-refractivity contribution in [3.63, 3.8) is 0 Å². The molecule has 0 bridgehead atoms. The fourth-order valence-corrected chi connectivity index (χ4v) is 4.11. The van der Waals surface area contributed by atoms with Crippen molar-refractivity contribution in [2.75, 3.05) is 6.54 Å². The van der Waals surface area contributed by atoms with E-state index in [-0.39, 0.29) is 29.9 Å². The molecule has 1 aliphatic rings. The molecule has 2 aromatic rings. The first kappa shape index (κ1) is 16.5. The quantitative estimate of drug-likeness (QED) is 0.762. The van der Waals surface area contributed by atoms with E-state index in [9.17, 15) is 8.42 Å². The fourth-order valence-electron chi connectivity index (χ4n) is 2.30. The molecule has 0 saturated heterocycles. The van der Waals surface area contributed by atoms with E-state index in [1.165, 1.54) is 12.4 Å². The third-order valence-corrected chi connectivity index (χ3v) is 5.36. The van der Waals surface area contributed by atoms with Gasteiger partial charge in [-0.25, -0.2) is 18.1 Å². The van der Waals surface area contributed by atoms with Gasteiger partial charge in [0.25, 0.3) is 0 Å². The maximum absolute atomic E-state index is 12.5. The van der Waals surface area contributed by atoms with Crippen LogP contribution < -0.4 is 10.5 Å². The molecule has 2 heterocycles. The molecule has 0 spiro atoms.